The highest BCUT2D eigenvalue weighted by atomic mass is 16.6. The fraction of sp³-hybridized carbons (Fsp3) is 0.250. The van der Waals surface area contributed by atoms with E-state index in [4.69, 9.17) is 14.7 Å². The quantitative estimate of drug-likeness (QED) is 0.930. The van der Waals surface area contributed by atoms with Crippen molar-refractivity contribution in [3.63, 3.8) is 0 Å². The van der Waals surface area contributed by atoms with Crippen LogP contribution in [0.2, 0.25) is 0 Å². The summed E-state index contributed by atoms with van der Waals surface area (Å²) < 4.78 is 13.0. The number of carbonyl (C=O) groups is 1. The van der Waals surface area contributed by atoms with E-state index < -0.39 is 0 Å². The van der Waals surface area contributed by atoms with Gasteiger partial charge in [0.25, 0.3) is 5.91 Å². The molecule has 1 aromatic heterocycles. The third-order valence-corrected chi connectivity index (χ3v) is 3.42. The number of hydrogen-bond donors (Lipinski definition) is 1. The number of nitrogens with one attached hydrogen (secondary N) is 1. The first-order chi connectivity index (χ1) is 10.7. The molecule has 6 nitrogen and oxygen atoms in total. The molecule has 112 valence electrons. The van der Waals surface area contributed by atoms with Crippen molar-refractivity contribution in [1.29, 1.82) is 5.26 Å². The summed E-state index contributed by atoms with van der Waals surface area (Å²) in [6.07, 6.45) is 1.38. The molecule has 22 heavy (non-hydrogen) atoms. The van der Waals surface area contributed by atoms with Crippen LogP contribution in [0.3, 0.4) is 0 Å². The van der Waals surface area contributed by atoms with Crippen LogP contribution in [0.15, 0.2) is 36.5 Å². The van der Waals surface area contributed by atoms with Gasteiger partial charge in [0.15, 0.2) is 11.5 Å². The van der Waals surface area contributed by atoms with Crippen molar-refractivity contribution < 1.29 is 14.3 Å². The van der Waals surface area contributed by atoms with Gasteiger partial charge in [-0.05, 0) is 18.2 Å². The van der Waals surface area contributed by atoms with E-state index in [1.54, 1.807) is 23.9 Å². The fourth-order valence-corrected chi connectivity index (χ4v) is 2.31. The summed E-state index contributed by atoms with van der Waals surface area (Å²) in [4.78, 5) is 12.1. The first-order valence-corrected chi connectivity index (χ1v) is 6.90. The van der Waals surface area contributed by atoms with Crippen molar-refractivity contribution in [2.75, 3.05) is 13.2 Å². The molecule has 0 radical (unpaired) electrons. The number of fused-ring (bicyclic) bond motifs is 1. The van der Waals surface area contributed by atoms with E-state index in [-0.39, 0.29) is 12.0 Å². The Bertz CT molecular complexity index is 745. The Morgan fingerprint density at radius 1 is 1.45 bits per heavy atom. The highest BCUT2D eigenvalue weighted by Gasteiger charge is 2.21. The predicted molar refractivity (Wildman–Crippen MR) is 78.8 cm³/mol. The molecular weight excluding hydrogens is 282 g/mol. The second-order valence-electron chi connectivity index (χ2n) is 5.04. The van der Waals surface area contributed by atoms with E-state index in [1.165, 1.54) is 0 Å². The average Bonchev–Trinajstić information content (AvgIpc) is 2.93. The zero-order valence-corrected chi connectivity index (χ0v) is 12.1. The van der Waals surface area contributed by atoms with Gasteiger partial charge in [-0.2, -0.15) is 5.26 Å². The summed E-state index contributed by atoms with van der Waals surface area (Å²) in [6, 6.07) is 11.0. The second-order valence-corrected chi connectivity index (χ2v) is 5.04. The standard InChI is InChI=1S/C16H15N3O3/c1-19-9-11(7-17)6-13(19)16(20)18-8-12-10-21-14-4-2-3-5-15(14)22-12/h2-6,9,12H,8,10H2,1H3,(H,18,20). The van der Waals surface area contributed by atoms with E-state index >= 15 is 0 Å². The Balaban J connectivity index is 1.60. The van der Waals surface area contributed by atoms with Crippen LogP contribution in [0.4, 0.5) is 0 Å². The Labute approximate surface area is 127 Å². The SMILES string of the molecule is Cn1cc(C#N)cc1C(=O)NCC1COc2ccccc2O1. The van der Waals surface area contributed by atoms with Gasteiger partial charge < -0.3 is 19.4 Å². The first kappa shape index (κ1) is 14.0. The molecule has 0 fully saturated rings. The number of carbonyl (C=O) groups excluding carboxylic acids is 1. The largest absolute Gasteiger partial charge is 0.486 e. The monoisotopic (exact) mass is 297 g/mol. The summed E-state index contributed by atoms with van der Waals surface area (Å²) in [5.74, 6) is 1.15. The summed E-state index contributed by atoms with van der Waals surface area (Å²) in [7, 11) is 1.73. The van der Waals surface area contributed by atoms with E-state index in [0.717, 1.165) is 0 Å². The number of nitrogens with zero attached hydrogens (tertiary/aromatic N) is 2. The molecule has 2 aromatic rings. The number of amides is 1. The minimum Gasteiger partial charge on any atom is -0.486 e. The van der Waals surface area contributed by atoms with Gasteiger partial charge in [-0.25, -0.2) is 0 Å². The minimum absolute atomic E-state index is 0.241. The van der Waals surface area contributed by atoms with Gasteiger partial charge in [0, 0.05) is 13.2 Å². The Kier molecular flexibility index (Phi) is 3.71. The molecule has 0 saturated heterocycles. The highest BCUT2D eigenvalue weighted by Crippen LogP contribution is 2.30. The molecule has 1 unspecified atom stereocenters. The molecule has 0 bridgehead atoms. The fourth-order valence-electron chi connectivity index (χ4n) is 2.31. The number of ether oxygens (including phenoxy) is 2. The van der Waals surface area contributed by atoms with Crippen LogP contribution >= 0.6 is 0 Å². The maximum atomic E-state index is 12.1. The lowest BCUT2D eigenvalue weighted by Gasteiger charge is -2.26. The topological polar surface area (TPSA) is 76.3 Å². The molecular formula is C16H15N3O3. The van der Waals surface area contributed by atoms with Crippen LogP contribution in [0.5, 0.6) is 11.5 Å². The molecule has 6 heteroatoms. The molecule has 0 saturated carbocycles. The minimum atomic E-state index is -0.244. The van der Waals surface area contributed by atoms with Crippen molar-refractivity contribution in [2.24, 2.45) is 7.05 Å². The molecule has 1 aromatic carbocycles. The number of aryl methyl sites for hydroxylation is 1. The van der Waals surface area contributed by atoms with Crippen molar-refractivity contribution in [2.45, 2.75) is 6.10 Å². The van der Waals surface area contributed by atoms with Crippen LogP contribution in [0, 0.1) is 11.3 Å². The van der Waals surface area contributed by atoms with Crippen LogP contribution in [0.1, 0.15) is 16.1 Å². The molecule has 1 aliphatic heterocycles. The number of para-hydroxylation sites is 2. The Morgan fingerprint density at radius 3 is 2.95 bits per heavy atom. The summed E-state index contributed by atoms with van der Waals surface area (Å²) >= 11 is 0. The Hall–Kier alpha value is -2.94. The number of benzene rings is 1. The predicted octanol–water partition coefficient (Wildman–Crippen LogP) is 1.47. The smallest absolute Gasteiger partial charge is 0.268 e. The zero-order chi connectivity index (χ0) is 15.5. The molecule has 1 N–H and O–H groups in total. The van der Waals surface area contributed by atoms with Crippen molar-refractivity contribution >= 4 is 5.91 Å². The molecule has 3 rings (SSSR count). The number of rotatable bonds is 3. The summed E-state index contributed by atoms with van der Waals surface area (Å²) in [5.41, 5.74) is 0.896. The molecule has 1 amide bonds. The lowest BCUT2D eigenvalue weighted by molar-refractivity contribution is 0.0784. The first-order valence-electron chi connectivity index (χ1n) is 6.90. The lowest BCUT2D eigenvalue weighted by atomic mass is 10.2. The van der Waals surface area contributed by atoms with Gasteiger partial charge in [0.2, 0.25) is 0 Å². The van der Waals surface area contributed by atoms with Crippen molar-refractivity contribution in [3.05, 3.63) is 47.8 Å². The maximum absolute atomic E-state index is 12.1. The van der Waals surface area contributed by atoms with Gasteiger partial charge in [-0.1, -0.05) is 12.1 Å². The molecule has 1 atom stereocenters. The second kappa shape index (κ2) is 5.82. The van der Waals surface area contributed by atoms with Crippen molar-refractivity contribution in [1.82, 2.24) is 9.88 Å². The average molecular weight is 297 g/mol. The molecule has 2 heterocycles. The molecule has 1 aliphatic rings. The summed E-state index contributed by atoms with van der Waals surface area (Å²) in [5, 5.41) is 11.7. The number of aromatic nitrogens is 1. The van der Waals surface area contributed by atoms with Gasteiger partial charge in [0.05, 0.1) is 12.1 Å². The van der Waals surface area contributed by atoms with E-state index in [2.05, 4.69) is 5.32 Å². The number of nitriles is 1. The summed E-state index contributed by atoms with van der Waals surface area (Å²) in [6.45, 7) is 0.716. The van der Waals surface area contributed by atoms with Gasteiger partial charge in [0.1, 0.15) is 24.5 Å². The van der Waals surface area contributed by atoms with E-state index in [9.17, 15) is 4.79 Å². The maximum Gasteiger partial charge on any atom is 0.268 e. The van der Waals surface area contributed by atoms with Gasteiger partial charge in [-0.3, -0.25) is 4.79 Å². The number of hydrogen-bond acceptors (Lipinski definition) is 4. The van der Waals surface area contributed by atoms with Crippen molar-refractivity contribution in [3.8, 4) is 17.6 Å². The molecule has 0 spiro atoms. The van der Waals surface area contributed by atoms with Gasteiger partial charge >= 0.3 is 0 Å². The zero-order valence-electron chi connectivity index (χ0n) is 12.1. The normalized spacial score (nSPS) is 15.9. The van der Waals surface area contributed by atoms with Crippen LogP contribution in [-0.2, 0) is 7.05 Å². The van der Waals surface area contributed by atoms with E-state index in [0.29, 0.717) is 35.9 Å². The van der Waals surface area contributed by atoms with E-state index in [1.807, 2.05) is 30.3 Å². The third kappa shape index (κ3) is 2.74. The van der Waals surface area contributed by atoms with Gasteiger partial charge in [-0.15, -0.1) is 0 Å². The third-order valence-electron chi connectivity index (χ3n) is 3.42. The highest BCUT2D eigenvalue weighted by molar-refractivity contribution is 5.93. The van der Waals surface area contributed by atoms with Crippen LogP contribution in [0.25, 0.3) is 0 Å². The lowest BCUT2D eigenvalue weighted by Crippen LogP contribution is -2.41. The Morgan fingerprint density at radius 2 is 2.23 bits per heavy atom. The van der Waals surface area contributed by atoms with Crippen LogP contribution in [-0.4, -0.2) is 29.7 Å². The molecule has 0 aliphatic carbocycles. The van der Waals surface area contributed by atoms with Crippen LogP contribution < -0.4 is 14.8 Å².